The molecule has 10 nitrogen and oxygen atoms in total. The maximum Gasteiger partial charge on any atom is 0.183 e. The molecule has 0 saturated carbocycles. The predicted octanol–water partition coefficient (Wildman–Crippen LogP) is 3.86. The first kappa shape index (κ1) is 19.7. The molecule has 1 aromatic carbocycles. The molecular weight excluding hydrogens is 430 g/mol. The third kappa shape index (κ3) is 3.84. The summed E-state index contributed by atoms with van der Waals surface area (Å²) in [5.41, 5.74) is 4.56. The van der Waals surface area contributed by atoms with Crippen molar-refractivity contribution in [2.45, 2.75) is 6.42 Å². The van der Waals surface area contributed by atoms with Gasteiger partial charge in [0.2, 0.25) is 0 Å². The average Bonchev–Trinajstić information content (AvgIpc) is 3.51. The lowest BCUT2D eigenvalue weighted by Gasteiger charge is -2.07. The minimum absolute atomic E-state index is 0.0391. The third-order valence-corrected chi connectivity index (χ3v) is 5.41. The van der Waals surface area contributed by atoms with Crippen molar-refractivity contribution in [2.24, 2.45) is 0 Å². The number of nitrogens with one attached hydrogen (secondary N) is 3. The first-order valence-electron chi connectivity index (χ1n) is 10.5. The van der Waals surface area contributed by atoms with Crippen LogP contribution in [0.25, 0.3) is 33.3 Å². The number of carbonyl (C=O) groups excluding carboxylic acids is 1. The number of hydrogen-bond acceptors (Lipinski definition) is 8. The van der Waals surface area contributed by atoms with Crippen LogP contribution in [0.2, 0.25) is 0 Å². The second-order valence-corrected chi connectivity index (χ2v) is 7.75. The number of rotatable bonds is 6. The van der Waals surface area contributed by atoms with E-state index in [2.05, 4.69) is 45.6 Å². The molecule has 5 aromatic heterocycles. The van der Waals surface area contributed by atoms with Gasteiger partial charge in [0.1, 0.15) is 11.5 Å². The number of anilines is 2. The lowest BCUT2D eigenvalue weighted by Crippen LogP contribution is -2.04. The van der Waals surface area contributed by atoms with Gasteiger partial charge in [-0.15, -0.1) is 0 Å². The fourth-order valence-electron chi connectivity index (χ4n) is 3.72. The van der Waals surface area contributed by atoms with Crippen molar-refractivity contribution < 1.29 is 4.79 Å². The minimum Gasteiger partial charge on any atom is -0.352 e. The van der Waals surface area contributed by atoms with Crippen LogP contribution in [0.15, 0.2) is 73.4 Å². The molecule has 6 aromatic rings. The fraction of sp³-hybridized carbons (Fsp3) is 0.0417. The van der Waals surface area contributed by atoms with Gasteiger partial charge < -0.3 is 10.3 Å². The molecule has 0 unspecified atom stereocenters. The van der Waals surface area contributed by atoms with Crippen LogP contribution in [0.3, 0.4) is 0 Å². The first-order valence-corrected chi connectivity index (χ1v) is 10.5. The van der Waals surface area contributed by atoms with Crippen molar-refractivity contribution in [1.82, 2.24) is 40.3 Å². The molecule has 0 saturated heterocycles. The Morgan fingerprint density at radius 2 is 1.82 bits per heavy atom. The predicted molar refractivity (Wildman–Crippen MR) is 127 cm³/mol. The van der Waals surface area contributed by atoms with Gasteiger partial charge in [0.05, 0.1) is 23.6 Å². The standard InChI is InChI=1S/C24H17N9O/c34-22(7-14-3-6-27-28-11-14)20-9-16-12-26-21(10-19(16)31-20)24-25-5-4-23(32-24)30-17-1-2-18-15(8-17)13-29-33-18/h1-6,8-13,31H,7H2,(H,29,33)(H,25,30,32). The van der Waals surface area contributed by atoms with Crippen LogP contribution in [0.4, 0.5) is 11.5 Å². The summed E-state index contributed by atoms with van der Waals surface area (Å²) in [7, 11) is 0. The highest BCUT2D eigenvalue weighted by molar-refractivity contribution is 6.00. The number of aromatic amines is 2. The van der Waals surface area contributed by atoms with Crippen molar-refractivity contribution in [3.8, 4) is 11.5 Å². The number of ketones is 1. The summed E-state index contributed by atoms with van der Waals surface area (Å²) in [5, 5.41) is 19.7. The molecule has 3 N–H and O–H groups in total. The Balaban J connectivity index is 1.25. The van der Waals surface area contributed by atoms with Crippen molar-refractivity contribution in [2.75, 3.05) is 5.32 Å². The molecule has 0 bridgehead atoms. The second kappa shape index (κ2) is 8.17. The van der Waals surface area contributed by atoms with E-state index >= 15 is 0 Å². The monoisotopic (exact) mass is 447 g/mol. The zero-order chi connectivity index (χ0) is 22.9. The van der Waals surface area contributed by atoms with Crippen LogP contribution >= 0.6 is 0 Å². The van der Waals surface area contributed by atoms with Crippen LogP contribution in [0.1, 0.15) is 16.1 Å². The molecule has 0 aliphatic rings. The van der Waals surface area contributed by atoms with Gasteiger partial charge in [0, 0.05) is 47.0 Å². The van der Waals surface area contributed by atoms with E-state index in [1.54, 1.807) is 49.2 Å². The SMILES string of the molecule is O=C(Cc1ccnnc1)c1cc2cnc(-c3nccc(Nc4ccc5[nH]ncc5c4)n3)cc2[nH]1. The smallest absolute Gasteiger partial charge is 0.183 e. The molecule has 34 heavy (non-hydrogen) atoms. The van der Waals surface area contributed by atoms with Crippen LogP contribution < -0.4 is 5.32 Å². The summed E-state index contributed by atoms with van der Waals surface area (Å²) in [4.78, 5) is 29.4. The molecule has 6 rings (SSSR count). The molecule has 0 atom stereocenters. The van der Waals surface area contributed by atoms with E-state index in [9.17, 15) is 4.79 Å². The molecule has 0 aliphatic heterocycles. The zero-order valence-electron chi connectivity index (χ0n) is 17.7. The highest BCUT2D eigenvalue weighted by atomic mass is 16.1. The summed E-state index contributed by atoms with van der Waals surface area (Å²) in [6.07, 6.45) is 8.56. The number of carbonyl (C=O) groups is 1. The van der Waals surface area contributed by atoms with E-state index < -0.39 is 0 Å². The van der Waals surface area contributed by atoms with Gasteiger partial charge >= 0.3 is 0 Å². The van der Waals surface area contributed by atoms with Gasteiger partial charge in [-0.25, -0.2) is 9.97 Å². The number of benzene rings is 1. The zero-order valence-corrected chi connectivity index (χ0v) is 17.7. The maximum absolute atomic E-state index is 12.7. The highest BCUT2D eigenvalue weighted by Crippen LogP contribution is 2.24. The largest absolute Gasteiger partial charge is 0.352 e. The maximum atomic E-state index is 12.7. The normalized spacial score (nSPS) is 11.2. The summed E-state index contributed by atoms with van der Waals surface area (Å²) in [5.74, 6) is 1.08. The summed E-state index contributed by atoms with van der Waals surface area (Å²) in [6.45, 7) is 0. The van der Waals surface area contributed by atoms with E-state index in [0.29, 0.717) is 23.0 Å². The molecule has 0 radical (unpaired) electrons. The Morgan fingerprint density at radius 3 is 2.74 bits per heavy atom. The Kier molecular flexibility index (Phi) is 4.73. The Morgan fingerprint density at radius 1 is 0.882 bits per heavy atom. The molecule has 0 spiro atoms. The van der Waals surface area contributed by atoms with E-state index in [1.165, 1.54) is 0 Å². The second-order valence-electron chi connectivity index (χ2n) is 7.75. The van der Waals surface area contributed by atoms with Gasteiger partial charge in [0.15, 0.2) is 11.6 Å². The van der Waals surface area contributed by atoms with Crippen molar-refractivity contribution in [3.63, 3.8) is 0 Å². The third-order valence-electron chi connectivity index (χ3n) is 5.41. The number of H-pyrrole nitrogens is 2. The van der Waals surface area contributed by atoms with E-state index in [1.807, 2.05) is 24.3 Å². The number of hydrogen-bond donors (Lipinski definition) is 3. The topological polar surface area (TPSA) is 138 Å². The Bertz CT molecular complexity index is 1640. The lowest BCUT2D eigenvalue weighted by atomic mass is 10.1. The van der Waals surface area contributed by atoms with E-state index in [0.717, 1.165) is 33.1 Å². The van der Waals surface area contributed by atoms with Crippen molar-refractivity contribution in [1.29, 1.82) is 0 Å². The number of pyridine rings is 1. The molecule has 0 amide bonds. The van der Waals surface area contributed by atoms with Gasteiger partial charge in [0.25, 0.3) is 0 Å². The van der Waals surface area contributed by atoms with Gasteiger partial charge in [-0.3, -0.25) is 14.9 Å². The summed E-state index contributed by atoms with van der Waals surface area (Å²) >= 11 is 0. The van der Waals surface area contributed by atoms with Crippen molar-refractivity contribution in [3.05, 3.63) is 84.7 Å². The minimum atomic E-state index is -0.0391. The number of fused-ring (bicyclic) bond motifs is 2. The first-order chi connectivity index (χ1) is 16.7. The number of Topliss-reactive ketones (excluding diaryl/α,β-unsaturated/α-hetero) is 1. The Labute approximate surface area is 192 Å². The van der Waals surface area contributed by atoms with Gasteiger partial charge in [-0.05, 0) is 48.0 Å². The number of nitrogens with zero attached hydrogens (tertiary/aromatic N) is 6. The van der Waals surface area contributed by atoms with E-state index in [4.69, 9.17) is 0 Å². The lowest BCUT2D eigenvalue weighted by molar-refractivity contribution is 0.0989. The van der Waals surface area contributed by atoms with Gasteiger partial charge in [-0.2, -0.15) is 15.3 Å². The van der Waals surface area contributed by atoms with Crippen LogP contribution in [-0.4, -0.2) is 46.1 Å². The number of aromatic nitrogens is 8. The summed E-state index contributed by atoms with van der Waals surface area (Å²) in [6, 6.07) is 13.1. The molecular formula is C24H17N9O. The molecule has 10 heteroatoms. The molecule has 164 valence electrons. The molecule has 0 aliphatic carbocycles. The molecule has 5 heterocycles. The molecule has 0 fully saturated rings. The summed E-state index contributed by atoms with van der Waals surface area (Å²) < 4.78 is 0. The van der Waals surface area contributed by atoms with Crippen LogP contribution in [0, 0.1) is 0 Å². The highest BCUT2D eigenvalue weighted by Gasteiger charge is 2.13. The Hall–Kier alpha value is -4.99. The quantitative estimate of drug-likeness (QED) is 0.327. The van der Waals surface area contributed by atoms with Crippen LogP contribution in [0.5, 0.6) is 0 Å². The fourth-order valence-corrected chi connectivity index (χ4v) is 3.72. The van der Waals surface area contributed by atoms with Crippen molar-refractivity contribution >= 4 is 39.1 Å². The van der Waals surface area contributed by atoms with E-state index in [-0.39, 0.29) is 12.2 Å². The van der Waals surface area contributed by atoms with Crippen LogP contribution in [-0.2, 0) is 6.42 Å². The average molecular weight is 447 g/mol. The van der Waals surface area contributed by atoms with Gasteiger partial charge in [-0.1, -0.05) is 0 Å².